The zero-order chi connectivity index (χ0) is 15.5. The zero-order valence-electron chi connectivity index (χ0n) is 13.0. The molecule has 1 aliphatic heterocycles. The predicted molar refractivity (Wildman–Crippen MR) is 75.9 cm³/mol. The van der Waals surface area contributed by atoms with E-state index in [1.807, 2.05) is 26.8 Å². The Labute approximate surface area is 120 Å². The largest absolute Gasteiger partial charge is 0.465 e. The number of nitrogens with zero attached hydrogens (tertiary/aromatic N) is 1. The summed E-state index contributed by atoms with van der Waals surface area (Å²) in [5, 5.41) is 0. The van der Waals surface area contributed by atoms with Gasteiger partial charge in [0.05, 0.1) is 19.9 Å². The lowest BCUT2D eigenvalue weighted by atomic mass is 10.0. The van der Waals surface area contributed by atoms with Crippen LogP contribution in [0.4, 0.5) is 0 Å². The van der Waals surface area contributed by atoms with Gasteiger partial charge in [-0.05, 0) is 33.3 Å². The number of hydrogen-bond acceptors (Lipinski definition) is 5. The minimum atomic E-state index is -0.678. The van der Waals surface area contributed by atoms with Crippen LogP contribution in [0.25, 0.3) is 0 Å². The van der Waals surface area contributed by atoms with Crippen LogP contribution >= 0.6 is 0 Å². The van der Waals surface area contributed by atoms with Crippen molar-refractivity contribution >= 4 is 11.9 Å². The summed E-state index contributed by atoms with van der Waals surface area (Å²) in [6, 6.07) is 0.148. The molecule has 112 valence electrons. The molecule has 0 radical (unpaired) electrons. The first-order chi connectivity index (χ1) is 9.27. The number of hydrogen-bond donors (Lipinski definition) is 0. The number of carbonyl (C=O) groups is 2. The molecule has 1 heterocycles. The molecule has 0 aromatic carbocycles. The van der Waals surface area contributed by atoms with Crippen LogP contribution in [0.3, 0.4) is 0 Å². The van der Waals surface area contributed by atoms with Crippen molar-refractivity contribution in [2.75, 3.05) is 14.2 Å². The summed E-state index contributed by atoms with van der Waals surface area (Å²) in [4.78, 5) is 25.9. The van der Waals surface area contributed by atoms with Crippen molar-refractivity contribution in [3.05, 3.63) is 23.4 Å². The van der Waals surface area contributed by atoms with Crippen LogP contribution in [0.1, 0.15) is 34.1 Å². The summed E-state index contributed by atoms with van der Waals surface area (Å²) in [6.45, 7) is 8.17. The molecule has 20 heavy (non-hydrogen) atoms. The normalized spacial score (nSPS) is 18.2. The minimum Gasteiger partial charge on any atom is -0.465 e. The molecule has 1 atom stereocenters. The summed E-state index contributed by atoms with van der Waals surface area (Å²) in [6.07, 6.45) is 4.67. The first-order valence-electron chi connectivity index (χ1n) is 6.66. The van der Waals surface area contributed by atoms with Crippen molar-refractivity contribution < 1.29 is 19.1 Å². The number of ether oxygens (including phenoxy) is 2. The Morgan fingerprint density at radius 2 is 1.70 bits per heavy atom. The van der Waals surface area contributed by atoms with Gasteiger partial charge in [0.1, 0.15) is 0 Å². The molecular weight excluding hydrogens is 258 g/mol. The Morgan fingerprint density at radius 3 is 2.05 bits per heavy atom. The van der Waals surface area contributed by atoms with Crippen LogP contribution in [0.15, 0.2) is 23.4 Å². The lowest BCUT2D eigenvalue weighted by molar-refractivity contribution is -0.144. The SMILES string of the molecule is CC[C@H]1C=CC(=C(C(=O)OC)C(=O)OC)N1C(C)(C)C. The molecule has 0 aromatic heterocycles. The highest BCUT2D eigenvalue weighted by atomic mass is 16.5. The summed E-state index contributed by atoms with van der Waals surface area (Å²) < 4.78 is 9.44. The van der Waals surface area contributed by atoms with Gasteiger partial charge in [-0.25, -0.2) is 9.59 Å². The maximum atomic E-state index is 11.9. The number of esters is 2. The van der Waals surface area contributed by atoms with Crippen LogP contribution in [-0.2, 0) is 19.1 Å². The van der Waals surface area contributed by atoms with E-state index in [4.69, 9.17) is 9.47 Å². The summed E-state index contributed by atoms with van der Waals surface area (Å²) in [5.41, 5.74) is 0.271. The van der Waals surface area contributed by atoms with E-state index < -0.39 is 11.9 Å². The smallest absolute Gasteiger partial charge is 0.347 e. The van der Waals surface area contributed by atoms with Crippen LogP contribution in [-0.4, -0.2) is 42.6 Å². The fraction of sp³-hybridized carbons (Fsp3) is 0.600. The highest BCUT2D eigenvalue weighted by molar-refractivity contribution is 6.15. The van der Waals surface area contributed by atoms with Gasteiger partial charge in [0.25, 0.3) is 0 Å². The average Bonchev–Trinajstić information content (AvgIpc) is 2.81. The molecule has 5 nitrogen and oxygen atoms in total. The molecule has 0 saturated carbocycles. The zero-order valence-corrected chi connectivity index (χ0v) is 13.0. The van der Waals surface area contributed by atoms with Crippen LogP contribution < -0.4 is 0 Å². The van der Waals surface area contributed by atoms with E-state index in [1.54, 1.807) is 6.08 Å². The third kappa shape index (κ3) is 3.03. The molecule has 1 aliphatic rings. The van der Waals surface area contributed by atoms with Crippen molar-refractivity contribution in [2.45, 2.75) is 45.7 Å². The van der Waals surface area contributed by atoms with Crippen LogP contribution in [0.2, 0.25) is 0 Å². The lowest BCUT2D eigenvalue weighted by Crippen LogP contribution is -2.45. The predicted octanol–water partition coefficient (Wildman–Crippen LogP) is 2.04. The fourth-order valence-electron chi connectivity index (χ4n) is 2.43. The Morgan fingerprint density at radius 1 is 1.20 bits per heavy atom. The first kappa shape index (κ1) is 16.3. The second-order valence-corrected chi connectivity index (χ2v) is 5.62. The van der Waals surface area contributed by atoms with E-state index in [0.29, 0.717) is 5.70 Å². The number of methoxy groups -OCH3 is 2. The Hall–Kier alpha value is -1.78. The Balaban J connectivity index is 3.42. The second kappa shape index (κ2) is 6.11. The summed E-state index contributed by atoms with van der Waals surface area (Å²) >= 11 is 0. The Bertz CT molecular complexity index is 439. The third-order valence-electron chi connectivity index (χ3n) is 3.24. The highest BCUT2D eigenvalue weighted by Crippen LogP contribution is 2.33. The third-order valence-corrected chi connectivity index (χ3v) is 3.24. The van der Waals surface area contributed by atoms with E-state index >= 15 is 0 Å². The average molecular weight is 281 g/mol. The van der Waals surface area contributed by atoms with Crippen molar-refractivity contribution in [1.29, 1.82) is 0 Å². The van der Waals surface area contributed by atoms with Gasteiger partial charge in [-0.3, -0.25) is 0 Å². The van der Waals surface area contributed by atoms with Crippen LogP contribution in [0.5, 0.6) is 0 Å². The molecule has 5 heteroatoms. The maximum Gasteiger partial charge on any atom is 0.347 e. The van der Waals surface area contributed by atoms with Gasteiger partial charge in [0.15, 0.2) is 5.57 Å². The van der Waals surface area contributed by atoms with Crippen molar-refractivity contribution in [3.8, 4) is 0 Å². The van der Waals surface area contributed by atoms with Gasteiger partial charge in [-0.1, -0.05) is 13.0 Å². The van der Waals surface area contributed by atoms with E-state index in [-0.39, 0.29) is 17.2 Å². The lowest BCUT2D eigenvalue weighted by Gasteiger charge is -2.40. The molecule has 0 bridgehead atoms. The van der Waals surface area contributed by atoms with Gasteiger partial charge >= 0.3 is 11.9 Å². The first-order valence-corrected chi connectivity index (χ1v) is 6.66. The molecular formula is C15H23NO4. The number of carbonyl (C=O) groups excluding carboxylic acids is 2. The van der Waals surface area contributed by atoms with Gasteiger partial charge in [0.2, 0.25) is 0 Å². The van der Waals surface area contributed by atoms with Crippen LogP contribution in [0, 0.1) is 0 Å². The van der Waals surface area contributed by atoms with Crippen molar-refractivity contribution in [2.24, 2.45) is 0 Å². The summed E-state index contributed by atoms with van der Waals surface area (Å²) in [7, 11) is 2.51. The van der Waals surface area contributed by atoms with Gasteiger partial charge in [-0.15, -0.1) is 0 Å². The number of allylic oxidation sites excluding steroid dienone is 1. The molecule has 0 unspecified atom stereocenters. The fourth-order valence-corrected chi connectivity index (χ4v) is 2.43. The standard InChI is InChI=1S/C15H23NO4/c1-7-10-8-9-11(16(10)15(2,3)4)12(13(17)19-5)14(18)20-6/h8-10H,7H2,1-6H3/t10-/m0/s1. The second-order valence-electron chi connectivity index (χ2n) is 5.62. The monoisotopic (exact) mass is 281 g/mol. The molecule has 0 fully saturated rings. The van der Waals surface area contributed by atoms with Gasteiger partial charge in [0, 0.05) is 11.6 Å². The van der Waals surface area contributed by atoms with Gasteiger partial charge < -0.3 is 14.4 Å². The van der Waals surface area contributed by atoms with Crippen molar-refractivity contribution in [1.82, 2.24) is 4.90 Å². The maximum absolute atomic E-state index is 11.9. The van der Waals surface area contributed by atoms with E-state index in [9.17, 15) is 9.59 Å². The molecule has 0 aromatic rings. The molecule has 0 aliphatic carbocycles. The van der Waals surface area contributed by atoms with Crippen molar-refractivity contribution in [3.63, 3.8) is 0 Å². The highest BCUT2D eigenvalue weighted by Gasteiger charge is 2.37. The minimum absolute atomic E-state index is 0.0582. The quantitative estimate of drug-likeness (QED) is 0.343. The molecule has 0 saturated heterocycles. The Kier molecular flexibility index (Phi) is 4.98. The molecule has 0 N–H and O–H groups in total. The van der Waals surface area contributed by atoms with E-state index in [2.05, 4.69) is 11.8 Å². The van der Waals surface area contributed by atoms with Gasteiger partial charge in [-0.2, -0.15) is 0 Å². The number of rotatable bonds is 3. The summed E-state index contributed by atoms with van der Waals surface area (Å²) in [5.74, 6) is -1.36. The molecule has 0 amide bonds. The molecule has 1 rings (SSSR count). The molecule has 0 spiro atoms. The van der Waals surface area contributed by atoms with E-state index in [0.717, 1.165) is 6.42 Å². The topological polar surface area (TPSA) is 55.8 Å². The van der Waals surface area contributed by atoms with E-state index in [1.165, 1.54) is 14.2 Å².